The number of rotatable bonds is 2. The van der Waals surface area contributed by atoms with E-state index in [4.69, 9.17) is 5.73 Å². The number of thiol groups is 1. The van der Waals surface area contributed by atoms with Crippen LogP contribution in [0.2, 0.25) is 0 Å². The van der Waals surface area contributed by atoms with Gasteiger partial charge in [0.2, 0.25) is 0 Å². The Labute approximate surface area is 74.5 Å². The van der Waals surface area contributed by atoms with Crippen molar-refractivity contribution in [3.05, 3.63) is 12.3 Å². The maximum atomic E-state index is 5.64. The molecule has 1 aliphatic rings. The van der Waals surface area contributed by atoms with Gasteiger partial charge in [-0.05, 0) is 43.3 Å². The van der Waals surface area contributed by atoms with Gasteiger partial charge in [-0.3, -0.25) is 0 Å². The molecular weight excluding hydrogens is 154 g/mol. The van der Waals surface area contributed by atoms with Gasteiger partial charge in [-0.1, -0.05) is 6.58 Å². The molecule has 0 aromatic rings. The zero-order chi connectivity index (χ0) is 8.27. The molecule has 0 heterocycles. The van der Waals surface area contributed by atoms with Gasteiger partial charge in [0, 0.05) is 5.70 Å². The molecule has 2 heteroatoms. The van der Waals surface area contributed by atoms with Crippen LogP contribution >= 0.6 is 12.6 Å². The molecule has 0 saturated heterocycles. The van der Waals surface area contributed by atoms with E-state index >= 15 is 0 Å². The third-order valence-electron chi connectivity index (χ3n) is 2.63. The Morgan fingerprint density at radius 2 is 1.91 bits per heavy atom. The molecular formula is C9H17NS. The standard InChI is InChI=1S/C9H17NS/c1-7(10)9-4-2-8(6-11)3-5-9/h8-9,11H,1-6,10H2. The van der Waals surface area contributed by atoms with Crippen LogP contribution in [-0.4, -0.2) is 5.75 Å². The summed E-state index contributed by atoms with van der Waals surface area (Å²) < 4.78 is 0. The van der Waals surface area contributed by atoms with Crippen molar-refractivity contribution in [2.75, 3.05) is 5.75 Å². The van der Waals surface area contributed by atoms with Crippen molar-refractivity contribution in [3.63, 3.8) is 0 Å². The predicted octanol–water partition coefficient (Wildman–Crippen LogP) is 2.20. The maximum absolute atomic E-state index is 5.64. The molecule has 0 radical (unpaired) electrons. The summed E-state index contributed by atoms with van der Waals surface area (Å²) in [5.41, 5.74) is 6.52. The van der Waals surface area contributed by atoms with Crippen LogP contribution in [0.3, 0.4) is 0 Å². The third kappa shape index (κ3) is 2.44. The van der Waals surface area contributed by atoms with Crippen molar-refractivity contribution >= 4 is 12.6 Å². The van der Waals surface area contributed by atoms with E-state index in [9.17, 15) is 0 Å². The Kier molecular flexibility index (Phi) is 3.31. The molecule has 1 fully saturated rings. The molecule has 0 aliphatic heterocycles. The number of hydrogen-bond donors (Lipinski definition) is 2. The van der Waals surface area contributed by atoms with Crippen molar-refractivity contribution in [1.29, 1.82) is 0 Å². The Bertz CT molecular complexity index is 136. The molecule has 0 amide bonds. The van der Waals surface area contributed by atoms with E-state index in [1.807, 2.05) is 0 Å². The van der Waals surface area contributed by atoms with Crippen LogP contribution in [0.5, 0.6) is 0 Å². The van der Waals surface area contributed by atoms with Gasteiger partial charge in [0.1, 0.15) is 0 Å². The van der Waals surface area contributed by atoms with Gasteiger partial charge < -0.3 is 5.73 Å². The second-order valence-corrected chi connectivity index (χ2v) is 3.84. The van der Waals surface area contributed by atoms with Gasteiger partial charge >= 0.3 is 0 Å². The van der Waals surface area contributed by atoms with Gasteiger partial charge in [-0.25, -0.2) is 0 Å². The van der Waals surface area contributed by atoms with Gasteiger partial charge in [0.05, 0.1) is 0 Å². The third-order valence-corrected chi connectivity index (χ3v) is 3.15. The molecule has 0 unspecified atom stereocenters. The Morgan fingerprint density at radius 1 is 1.36 bits per heavy atom. The topological polar surface area (TPSA) is 26.0 Å². The second-order valence-electron chi connectivity index (χ2n) is 3.48. The highest BCUT2D eigenvalue weighted by molar-refractivity contribution is 7.80. The van der Waals surface area contributed by atoms with E-state index in [2.05, 4.69) is 19.2 Å². The fourth-order valence-electron chi connectivity index (χ4n) is 1.72. The summed E-state index contributed by atoms with van der Waals surface area (Å²) in [7, 11) is 0. The summed E-state index contributed by atoms with van der Waals surface area (Å²) in [4.78, 5) is 0. The molecule has 2 N–H and O–H groups in total. The van der Waals surface area contributed by atoms with Crippen LogP contribution in [-0.2, 0) is 0 Å². The highest BCUT2D eigenvalue weighted by Crippen LogP contribution is 2.31. The summed E-state index contributed by atoms with van der Waals surface area (Å²) in [5.74, 6) is 2.45. The van der Waals surface area contributed by atoms with Crippen LogP contribution < -0.4 is 5.73 Å². The molecule has 64 valence electrons. The Hall–Kier alpha value is -0.110. The largest absolute Gasteiger partial charge is 0.402 e. The van der Waals surface area contributed by atoms with E-state index in [1.54, 1.807) is 0 Å². The fourth-order valence-corrected chi connectivity index (χ4v) is 2.08. The van der Waals surface area contributed by atoms with E-state index < -0.39 is 0 Å². The van der Waals surface area contributed by atoms with Gasteiger partial charge in [0.25, 0.3) is 0 Å². The minimum atomic E-state index is 0.589. The van der Waals surface area contributed by atoms with Crippen molar-refractivity contribution in [3.8, 4) is 0 Å². The number of nitrogens with two attached hydrogens (primary N) is 1. The second kappa shape index (κ2) is 4.05. The van der Waals surface area contributed by atoms with Crippen LogP contribution in [0, 0.1) is 11.8 Å². The summed E-state index contributed by atoms with van der Waals surface area (Å²) in [6.07, 6.45) is 5.01. The Morgan fingerprint density at radius 3 is 2.27 bits per heavy atom. The summed E-state index contributed by atoms with van der Waals surface area (Å²) in [5, 5.41) is 0. The average molecular weight is 171 g/mol. The monoisotopic (exact) mass is 171 g/mol. The van der Waals surface area contributed by atoms with Crippen molar-refractivity contribution in [2.24, 2.45) is 17.6 Å². The first kappa shape index (κ1) is 8.98. The quantitative estimate of drug-likeness (QED) is 0.612. The maximum Gasteiger partial charge on any atom is 0.00390 e. The lowest BCUT2D eigenvalue weighted by atomic mass is 9.82. The summed E-state index contributed by atoms with van der Waals surface area (Å²) in [6.45, 7) is 3.79. The van der Waals surface area contributed by atoms with Crippen molar-refractivity contribution < 1.29 is 0 Å². The van der Waals surface area contributed by atoms with Gasteiger partial charge in [-0.2, -0.15) is 12.6 Å². The highest BCUT2D eigenvalue weighted by atomic mass is 32.1. The molecule has 0 atom stereocenters. The molecule has 0 aromatic heterocycles. The van der Waals surface area contributed by atoms with Crippen molar-refractivity contribution in [2.45, 2.75) is 25.7 Å². The predicted molar refractivity (Wildman–Crippen MR) is 52.6 cm³/mol. The van der Waals surface area contributed by atoms with E-state index in [0.29, 0.717) is 5.92 Å². The Balaban J connectivity index is 2.30. The molecule has 1 aliphatic carbocycles. The first-order chi connectivity index (χ1) is 5.24. The summed E-state index contributed by atoms with van der Waals surface area (Å²) in [6, 6.07) is 0. The molecule has 0 aromatic carbocycles. The van der Waals surface area contributed by atoms with Crippen LogP contribution in [0.25, 0.3) is 0 Å². The van der Waals surface area contributed by atoms with E-state index in [1.165, 1.54) is 25.7 Å². The minimum Gasteiger partial charge on any atom is -0.402 e. The molecule has 0 spiro atoms. The zero-order valence-electron chi connectivity index (χ0n) is 6.92. The molecule has 1 rings (SSSR count). The first-order valence-electron chi connectivity index (χ1n) is 4.29. The van der Waals surface area contributed by atoms with Gasteiger partial charge in [0.15, 0.2) is 0 Å². The normalized spacial score (nSPS) is 31.7. The number of allylic oxidation sites excluding steroid dienone is 1. The first-order valence-corrected chi connectivity index (χ1v) is 4.92. The summed E-state index contributed by atoms with van der Waals surface area (Å²) >= 11 is 4.29. The van der Waals surface area contributed by atoms with E-state index in [0.717, 1.165) is 17.4 Å². The van der Waals surface area contributed by atoms with Crippen molar-refractivity contribution in [1.82, 2.24) is 0 Å². The molecule has 11 heavy (non-hydrogen) atoms. The lowest BCUT2D eigenvalue weighted by molar-refractivity contribution is 0.323. The molecule has 1 saturated carbocycles. The van der Waals surface area contributed by atoms with Crippen LogP contribution in [0.4, 0.5) is 0 Å². The lowest BCUT2D eigenvalue weighted by Gasteiger charge is -2.27. The average Bonchev–Trinajstić information content (AvgIpc) is 2.05. The molecule has 1 nitrogen and oxygen atoms in total. The zero-order valence-corrected chi connectivity index (χ0v) is 7.82. The lowest BCUT2D eigenvalue weighted by Crippen LogP contribution is -2.19. The SMILES string of the molecule is C=C(N)C1CCC(CS)CC1. The van der Waals surface area contributed by atoms with Crippen LogP contribution in [0.15, 0.2) is 12.3 Å². The minimum absolute atomic E-state index is 0.589. The number of hydrogen-bond acceptors (Lipinski definition) is 2. The van der Waals surface area contributed by atoms with Gasteiger partial charge in [-0.15, -0.1) is 0 Å². The molecule has 0 bridgehead atoms. The smallest absolute Gasteiger partial charge is 0.00390 e. The van der Waals surface area contributed by atoms with E-state index in [-0.39, 0.29) is 0 Å². The van der Waals surface area contributed by atoms with Crippen LogP contribution in [0.1, 0.15) is 25.7 Å². The fraction of sp³-hybridized carbons (Fsp3) is 0.778. The highest BCUT2D eigenvalue weighted by Gasteiger charge is 2.20.